The molecular weight excluding hydrogens is 284 g/mol. The Bertz CT molecular complexity index is 462. The number of rotatable bonds is 7. The Morgan fingerprint density at radius 1 is 1.45 bits per heavy atom. The fourth-order valence-electron chi connectivity index (χ4n) is 2.33. The van der Waals surface area contributed by atoms with Gasteiger partial charge in [0, 0.05) is 6.54 Å². The van der Waals surface area contributed by atoms with Gasteiger partial charge in [-0.05, 0) is 19.3 Å². The van der Waals surface area contributed by atoms with Crippen molar-refractivity contribution in [1.29, 1.82) is 0 Å². The number of amides is 1. The van der Waals surface area contributed by atoms with E-state index in [9.17, 15) is 18.0 Å². The van der Waals surface area contributed by atoms with Crippen molar-refractivity contribution in [3.8, 4) is 0 Å². The van der Waals surface area contributed by atoms with E-state index >= 15 is 0 Å². The molecule has 0 aromatic rings. The van der Waals surface area contributed by atoms with Crippen LogP contribution < -0.4 is 5.32 Å². The summed E-state index contributed by atoms with van der Waals surface area (Å²) in [7, 11) is -3.44. The first-order valence-corrected chi connectivity index (χ1v) is 8.62. The van der Waals surface area contributed by atoms with Crippen LogP contribution in [0.4, 0.5) is 0 Å². The molecule has 116 valence electrons. The smallest absolute Gasteiger partial charge is 0.326 e. The summed E-state index contributed by atoms with van der Waals surface area (Å²) in [5.74, 6) is -1.60. The maximum absolute atomic E-state index is 12.1. The van der Waals surface area contributed by atoms with Crippen molar-refractivity contribution in [2.45, 2.75) is 51.1 Å². The molecule has 0 aliphatic carbocycles. The molecule has 7 nitrogen and oxygen atoms in total. The fraction of sp³-hybridized carbons (Fsp3) is 0.833. The van der Waals surface area contributed by atoms with E-state index in [2.05, 4.69) is 5.32 Å². The van der Waals surface area contributed by atoms with Gasteiger partial charge in [-0.15, -0.1) is 0 Å². The van der Waals surface area contributed by atoms with Crippen molar-refractivity contribution < 1.29 is 23.1 Å². The zero-order valence-electron chi connectivity index (χ0n) is 11.8. The SMILES string of the molecule is CCCCC(NC(=O)C1CCCN1S(C)(=O)=O)C(=O)O. The molecule has 1 aliphatic rings. The normalized spacial score (nSPS) is 21.6. The second kappa shape index (κ2) is 7.03. The van der Waals surface area contributed by atoms with Crippen molar-refractivity contribution in [3.63, 3.8) is 0 Å². The molecule has 1 saturated heterocycles. The molecule has 0 bridgehead atoms. The quantitative estimate of drug-likeness (QED) is 0.698. The van der Waals surface area contributed by atoms with E-state index in [1.54, 1.807) is 0 Å². The molecule has 1 aliphatic heterocycles. The lowest BCUT2D eigenvalue weighted by Gasteiger charge is -2.23. The lowest BCUT2D eigenvalue weighted by Crippen LogP contribution is -2.50. The highest BCUT2D eigenvalue weighted by Crippen LogP contribution is 2.20. The van der Waals surface area contributed by atoms with Crippen LogP contribution in [0.5, 0.6) is 0 Å². The van der Waals surface area contributed by atoms with E-state index in [1.165, 1.54) is 0 Å². The zero-order chi connectivity index (χ0) is 15.3. The Kier molecular flexibility index (Phi) is 5.94. The Hall–Kier alpha value is -1.15. The maximum atomic E-state index is 12.1. The summed E-state index contributed by atoms with van der Waals surface area (Å²) in [6.07, 6.45) is 3.97. The predicted molar refractivity (Wildman–Crippen MR) is 73.7 cm³/mol. The van der Waals surface area contributed by atoms with Gasteiger partial charge in [-0.3, -0.25) is 4.79 Å². The van der Waals surface area contributed by atoms with Crippen LogP contribution in [0.1, 0.15) is 39.0 Å². The van der Waals surface area contributed by atoms with Gasteiger partial charge >= 0.3 is 5.97 Å². The third-order valence-electron chi connectivity index (χ3n) is 3.39. The summed E-state index contributed by atoms with van der Waals surface area (Å²) in [5.41, 5.74) is 0. The van der Waals surface area contributed by atoms with Gasteiger partial charge in [-0.1, -0.05) is 19.8 Å². The average molecular weight is 306 g/mol. The lowest BCUT2D eigenvalue weighted by atomic mass is 10.1. The van der Waals surface area contributed by atoms with Crippen LogP contribution in [-0.4, -0.2) is 54.6 Å². The van der Waals surface area contributed by atoms with Gasteiger partial charge in [-0.2, -0.15) is 4.31 Å². The number of carboxylic acids is 1. The first-order valence-electron chi connectivity index (χ1n) is 6.77. The highest BCUT2D eigenvalue weighted by molar-refractivity contribution is 7.88. The standard InChI is InChI=1S/C12H22N2O5S/c1-3-4-6-9(12(16)17)13-11(15)10-7-5-8-14(10)20(2,18)19/h9-10H,3-8H2,1-2H3,(H,13,15)(H,16,17). The number of sulfonamides is 1. The number of nitrogens with one attached hydrogen (secondary N) is 1. The average Bonchev–Trinajstić information content (AvgIpc) is 2.82. The van der Waals surface area contributed by atoms with Crippen molar-refractivity contribution in [2.24, 2.45) is 0 Å². The minimum atomic E-state index is -3.44. The molecule has 0 aromatic carbocycles. The van der Waals surface area contributed by atoms with Gasteiger partial charge in [0.25, 0.3) is 0 Å². The topological polar surface area (TPSA) is 104 Å². The number of carbonyl (C=O) groups is 2. The van der Waals surface area contributed by atoms with E-state index < -0.39 is 34.0 Å². The number of hydrogen-bond donors (Lipinski definition) is 2. The van der Waals surface area contributed by atoms with Crippen LogP contribution in [-0.2, 0) is 19.6 Å². The first-order chi connectivity index (χ1) is 9.27. The fourth-order valence-corrected chi connectivity index (χ4v) is 3.46. The van der Waals surface area contributed by atoms with E-state index in [-0.39, 0.29) is 0 Å². The predicted octanol–water partition coefficient (Wildman–Crippen LogP) is 0.170. The summed E-state index contributed by atoms with van der Waals surface area (Å²) < 4.78 is 24.3. The second-order valence-electron chi connectivity index (χ2n) is 5.07. The van der Waals surface area contributed by atoms with Crippen molar-refractivity contribution in [3.05, 3.63) is 0 Å². The second-order valence-corrected chi connectivity index (χ2v) is 7.01. The van der Waals surface area contributed by atoms with Crippen LogP contribution in [0.2, 0.25) is 0 Å². The summed E-state index contributed by atoms with van der Waals surface area (Å²) in [6, 6.07) is -1.74. The van der Waals surface area contributed by atoms with E-state index in [1.807, 2.05) is 6.92 Å². The van der Waals surface area contributed by atoms with Gasteiger partial charge in [-0.25, -0.2) is 13.2 Å². The van der Waals surface area contributed by atoms with Gasteiger partial charge in [0.2, 0.25) is 15.9 Å². The van der Waals surface area contributed by atoms with Gasteiger partial charge < -0.3 is 10.4 Å². The molecule has 2 N–H and O–H groups in total. The molecule has 1 heterocycles. The van der Waals surface area contributed by atoms with Crippen LogP contribution in [0.25, 0.3) is 0 Å². The van der Waals surface area contributed by atoms with Gasteiger partial charge in [0.1, 0.15) is 12.1 Å². The minimum Gasteiger partial charge on any atom is -0.480 e. The van der Waals surface area contributed by atoms with Gasteiger partial charge in [0.05, 0.1) is 6.26 Å². The van der Waals surface area contributed by atoms with Crippen LogP contribution in [0.3, 0.4) is 0 Å². The number of carboxylic acid groups (broad SMARTS) is 1. The Morgan fingerprint density at radius 2 is 2.10 bits per heavy atom. The Balaban J connectivity index is 2.71. The van der Waals surface area contributed by atoms with E-state index in [4.69, 9.17) is 5.11 Å². The largest absolute Gasteiger partial charge is 0.480 e. The monoisotopic (exact) mass is 306 g/mol. The number of carbonyl (C=O) groups excluding carboxylic acids is 1. The molecule has 1 rings (SSSR count). The van der Waals surface area contributed by atoms with Crippen molar-refractivity contribution in [2.75, 3.05) is 12.8 Å². The third kappa shape index (κ3) is 4.45. The summed E-state index contributed by atoms with van der Waals surface area (Å²) >= 11 is 0. The molecule has 0 saturated carbocycles. The van der Waals surface area contributed by atoms with Crippen molar-refractivity contribution in [1.82, 2.24) is 9.62 Å². The summed E-state index contributed by atoms with van der Waals surface area (Å²) in [4.78, 5) is 23.2. The van der Waals surface area contributed by atoms with Gasteiger partial charge in [0.15, 0.2) is 0 Å². The summed E-state index contributed by atoms with van der Waals surface area (Å²) in [5, 5.41) is 11.5. The Morgan fingerprint density at radius 3 is 2.60 bits per heavy atom. The van der Waals surface area contributed by atoms with Crippen LogP contribution in [0.15, 0.2) is 0 Å². The highest BCUT2D eigenvalue weighted by Gasteiger charge is 2.37. The number of hydrogen-bond acceptors (Lipinski definition) is 4. The molecule has 0 spiro atoms. The molecule has 0 aromatic heterocycles. The summed E-state index contributed by atoms with van der Waals surface area (Å²) in [6.45, 7) is 2.24. The van der Waals surface area contributed by atoms with E-state index in [0.29, 0.717) is 32.2 Å². The number of nitrogens with zero attached hydrogens (tertiary/aromatic N) is 1. The third-order valence-corrected chi connectivity index (χ3v) is 4.68. The molecule has 2 unspecified atom stereocenters. The molecule has 1 amide bonds. The van der Waals surface area contributed by atoms with Crippen LogP contribution in [0, 0.1) is 0 Å². The number of aliphatic carboxylic acids is 1. The molecule has 20 heavy (non-hydrogen) atoms. The lowest BCUT2D eigenvalue weighted by molar-refractivity contribution is -0.142. The van der Waals surface area contributed by atoms with Crippen molar-refractivity contribution >= 4 is 21.9 Å². The number of unbranched alkanes of at least 4 members (excludes halogenated alkanes) is 1. The molecule has 0 radical (unpaired) electrons. The molecule has 1 fully saturated rings. The zero-order valence-corrected chi connectivity index (χ0v) is 12.6. The molecule has 8 heteroatoms. The molecular formula is C12H22N2O5S. The minimum absolute atomic E-state index is 0.309. The first kappa shape index (κ1) is 16.9. The maximum Gasteiger partial charge on any atom is 0.326 e. The molecule has 2 atom stereocenters. The van der Waals surface area contributed by atoms with E-state index in [0.717, 1.165) is 17.0 Å². The Labute approximate surface area is 119 Å². The van der Waals surface area contributed by atoms with Crippen LogP contribution >= 0.6 is 0 Å². The highest BCUT2D eigenvalue weighted by atomic mass is 32.2.